The van der Waals surface area contributed by atoms with E-state index in [4.69, 9.17) is 0 Å². The number of hydrogen-bond donors (Lipinski definition) is 1. The summed E-state index contributed by atoms with van der Waals surface area (Å²) in [5, 5.41) is 4.10. The predicted molar refractivity (Wildman–Crippen MR) is 72.9 cm³/mol. The van der Waals surface area contributed by atoms with E-state index < -0.39 is 0 Å². The first-order chi connectivity index (χ1) is 8.25. The molecule has 1 aliphatic heterocycles. The molecular formula is C14H20FNS. The number of nitrogens with one attached hydrogen (secondary N) is 1. The lowest BCUT2D eigenvalue weighted by Crippen LogP contribution is -2.26. The van der Waals surface area contributed by atoms with Crippen molar-refractivity contribution in [1.29, 1.82) is 0 Å². The van der Waals surface area contributed by atoms with Crippen molar-refractivity contribution < 1.29 is 4.39 Å². The van der Waals surface area contributed by atoms with Crippen LogP contribution in [-0.4, -0.2) is 17.5 Å². The van der Waals surface area contributed by atoms with Gasteiger partial charge in [-0.15, -0.1) is 0 Å². The fourth-order valence-corrected chi connectivity index (χ4v) is 3.45. The molecule has 0 saturated carbocycles. The van der Waals surface area contributed by atoms with Crippen molar-refractivity contribution in [1.82, 2.24) is 5.32 Å². The Bertz CT molecular complexity index is 361. The average Bonchev–Trinajstić information content (AvgIpc) is 2.35. The molecule has 1 nitrogen and oxygen atoms in total. The van der Waals surface area contributed by atoms with Gasteiger partial charge in [-0.2, -0.15) is 11.8 Å². The van der Waals surface area contributed by atoms with E-state index in [1.807, 2.05) is 30.8 Å². The van der Waals surface area contributed by atoms with Crippen LogP contribution in [0.15, 0.2) is 18.2 Å². The number of aryl methyl sites for hydroxylation is 1. The van der Waals surface area contributed by atoms with Crippen LogP contribution in [0.25, 0.3) is 0 Å². The molecule has 3 heteroatoms. The van der Waals surface area contributed by atoms with Crippen molar-refractivity contribution in [3.63, 3.8) is 0 Å². The molecule has 1 aromatic carbocycles. The van der Waals surface area contributed by atoms with Crippen LogP contribution in [0.2, 0.25) is 0 Å². The van der Waals surface area contributed by atoms with Crippen molar-refractivity contribution in [2.24, 2.45) is 0 Å². The minimum absolute atomic E-state index is 0.0978. The fourth-order valence-electron chi connectivity index (χ4n) is 2.18. The normalized spacial score (nSPS) is 20.5. The second kappa shape index (κ2) is 6.41. The van der Waals surface area contributed by atoms with Gasteiger partial charge in [0.15, 0.2) is 0 Å². The molecule has 94 valence electrons. The molecule has 2 rings (SSSR count). The van der Waals surface area contributed by atoms with Gasteiger partial charge in [-0.05, 0) is 31.6 Å². The second-order valence-corrected chi connectivity index (χ2v) is 6.12. The maximum Gasteiger partial charge on any atom is 0.127 e. The summed E-state index contributed by atoms with van der Waals surface area (Å²) in [5.74, 6) is 1.19. The van der Waals surface area contributed by atoms with Crippen LogP contribution < -0.4 is 5.32 Å². The standard InChI is InChI=1S/C14H20FNS/c1-11-5-6-14(15)12(8-11)9-16-10-13-4-2-3-7-17-13/h5-6,8,13,16H,2-4,7,9-10H2,1H3. The summed E-state index contributed by atoms with van der Waals surface area (Å²) < 4.78 is 13.5. The summed E-state index contributed by atoms with van der Waals surface area (Å²) in [5.41, 5.74) is 1.90. The lowest BCUT2D eigenvalue weighted by Gasteiger charge is -2.21. The van der Waals surface area contributed by atoms with Crippen LogP contribution in [0.1, 0.15) is 30.4 Å². The number of benzene rings is 1. The predicted octanol–water partition coefficient (Wildman–Crippen LogP) is 3.51. The highest BCUT2D eigenvalue weighted by molar-refractivity contribution is 7.99. The Kier molecular flexibility index (Phi) is 4.86. The maximum absolute atomic E-state index is 13.5. The van der Waals surface area contributed by atoms with Gasteiger partial charge >= 0.3 is 0 Å². The van der Waals surface area contributed by atoms with Crippen LogP contribution in [0, 0.1) is 12.7 Å². The first kappa shape index (κ1) is 12.9. The molecule has 0 aliphatic carbocycles. The van der Waals surface area contributed by atoms with E-state index in [1.54, 1.807) is 6.07 Å². The smallest absolute Gasteiger partial charge is 0.127 e. The summed E-state index contributed by atoms with van der Waals surface area (Å²) in [6.45, 7) is 3.64. The second-order valence-electron chi connectivity index (χ2n) is 4.71. The zero-order valence-corrected chi connectivity index (χ0v) is 11.2. The van der Waals surface area contributed by atoms with Gasteiger partial charge in [-0.1, -0.05) is 24.1 Å². The first-order valence-electron chi connectivity index (χ1n) is 6.33. The third kappa shape index (κ3) is 4.00. The van der Waals surface area contributed by atoms with Crippen molar-refractivity contribution in [3.05, 3.63) is 35.1 Å². The van der Waals surface area contributed by atoms with E-state index in [0.717, 1.165) is 22.9 Å². The lowest BCUT2D eigenvalue weighted by molar-refractivity contribution is 0.567. The molecule has 0 spiro atoms. The molecule has 1 atom stereocenters. The summed E-state index contributed by atoms with van der Waals surface area (Å²) in [4.78, 5) is 0. The van der Waals surface area contributed by atoms with Gasteiger partial charge in [-0.3, -0.25) is 0 Å². The highest BCUT2D eigenvalue weighted by Gasteiger charge is 2.13. The molecule has 17 heavy (non-hydrogen) atoms. The molecule has 1 unspecified atom stereocenters. The lowest BCUT2D eigenvalue weighted by atomic mass is 10.1. The van der Waals surface area contributed by atoms with Crippen molar-refractivity contribution in [2.45, 2.75) is 38.0 Å². The Labute approximate surface area is 107 Å². The Morgan fingerprint density at radius 1 is 1.41 bits per heavy atom. The first-order valence-corrected chi connectivity index (χ1v) is 7.38. The summed E-state index contributed by atoms with van der Waals surface area (Å²) in [6.07, 6.45) is 4.00. The summed E-state index contributed by atoms with van der Waals surface area (Å²) in [6, 6.07) is 5.30. The molecule has 0 aromatic heterocycles. The van der Waals surface area contributed by atoms with Gasteiger partial charge in [0, 0.05) is 23.9 Å². The Morgan fingerprint density at radius 2 is 2.29 bits per heavy atom. The quantitative estimate of drug-likeness (QED) is 0.881. The zero-order chi connectivity index (χ0) is 12.1. The highest BCUT2D eigenvalue weighted by Crippen LogP contribution is 2.24. The molecular weight excluding hydrogens is 233 g/mol. The number of halogens is 1. The van der Waals surface area contributed by atoms with E-state index in [0.29, 0.717) is 6.54 Å². The fraction of sp³-hybridized carbons (Fsp3) is 0.571. The monoisotopic (exact) mass is 253 g/mol. The van der Waals surface area contributed by atoms with Crippen LogP contribution in [0.5, 0.6) is 0 Å². The molecule has 1 aliphatic rings. The Balaban J connectivity index is 1.79. The van der Waals surface area contributed by atoms with E-state index in [-0.39, 0.29) is 5.82 Å². The van der Waals surface area contributed by atoms with Gasteiger partial charge in [0.2, 0.25) is 0 Å². The SMILES string of the molecule is Cc1ccc(F)c(CNCC2CCCCS2)c1. The minimum Gasteiger partial charge on any atom is -0.311 e. The molecule has 1 aromatic rings. The van der Waals surface area contributed by atoms with Crippen molar-refractivity contribution in [3.8, 4) is 0 Å². The third-order valence-corrected chi connectivity index (χ3v) is 4.56. The number of rotatable bonds is 4. The van der Waals surface area contributed by atoms with Crippen LogP contribution >= 0.6 is 11.8 Å². The van der Waals surface area contributed by atoms with Crippen LogP contribution in [0.4, 0.5) is 4.39 Å². The Morgan fingerprint density at radius 3 is 3.06 bits per heavy atom. The molecule has 0 amide bonds. The van der Waals surface area contributed by atoms with Gasteiger partial charge in [0.05, 0.1) is 0 Å². The zero-order valence-electron chi connectivity index (χ0n) is 10.3. The largest absolute Gasteiger partial charge is 0.311 e. The van der Waals surface area contributed by atoms with Gasteiger partial charge in [-0.25, -0.2) is 4.39 Å². The molecule has 1 saturated heterocycles. The van der Waals surface area contributed by atoms with Gasteiger partial charge < -0.3 is 5.32 Å². The molecule has 1 heterocycles. The van der Waals surface area contributed by atoms with E-state index in [9.17, 15) is 4.39 Å². The summed E-state index contributed by atoms with van der Waals surface area (Å²) in [7, 11) is 0. The van der Waals surface area contributed by atoms with Crippen LogP contribution in [-0.2, 0) is 6.54 Å². The number of thioether (sulfide) groups is 1. The topological polar surface area (TPSA) is 12.0 Å². The van der Waals surface area contributed by atoms with E-state index in [2.05, 4.69) is 5.32 Å². The minimum atomic E-state index is -0.0978. The highest BCUT2D eigenvalue weighted by atomic mass is 32.2. The van der Waals surface area contributed by atoms with Gasteiger partial charge in [0.25, 0.3) is 0 Å². The third-order valence-electron chi connectivity index (χ3n) is 3.16. The molecule has 0 bridgehead atoms. The van der Waals surface area contributed by atoms with Gasteiger partial charge in [0.1, 0.15) is 5.82 Å². The molecule has 1 fully saturated rings. The van der Waals surface area contributed by atoms with Crippen molar-refractivity contribution in [2.75, 3.05) is 12.3 Å². The average molecular weight is 253 g/mol. The van der Waals surface area contributed by atoms with E-state index >= 15 is 0 Å². The van der Waals surface area contributed by atoms with E-state index in [1.165, 1.54) is 25.0 Å². The van der Waals surface area contributed by atoms with Crippen LogP contribution in [0.3, 0.4) is 0 Å². The molecule has 1 N–H and O–H groups in total. The maximum atomic E-state index is 13.5. The molecule has 0 radical (unpaired) electrons. The Hall–Kier alpha value is -0.540. The number of hydrogen-bond acceptors (Lipinski definition) is 2. The summed E-state index contributed by atoms with van der Waals surface area (Å²) >= 11 is 2.05. The van der Waals surface area contributed by atoms with Crippen molar-refractivity contribution >= 4 is 11.8 Å².